The summed E-state index contributed by atoms with van der Waals surface area (Å²) in [6.45, 7) is 3.50. The van der Waals surface area contributed by atoms with Crippen molar-refractivity contribution >= 4 is 11.3 Å². The van der Waals surface area contributed by atoms with E-state index in [0.717, 1.165) is 16.8 Å². The predicted octanol–water partition coefficient (Wildman–Crippen LogP) is 4.18. The van der Waals surface area contributed by atoms with Crippen LogP contribution in [0.3, 0.4) is 0 Å². The third-order valence-electron chi connectivity index (χ3n) is 4.12. The zero-order valence-corrected chi connectivity index (χ0v) is 13.6. The number of hydrogen-bond acceptors (Lipinski definition) is 5. The lowest BCUT2D eigenvalue weighted by Gasteiger charge is -2.02. The Kier molecular flexibility index (Phi) is 3.35. The molecule has 0 radical (unpaired) electrons. The van der Waals surface area contributed by atoms with Gasteiger partial charge in [0.1, 0.15) is 17.0 Å². The summed E-state index contributed by atoms with van der Waals surface area (Å²) < 4.78 is 7.17. The van der Waals surface area contributed by atoms with Gasteiger partial charge in [0.25, 0.3) is 5.76 Å². The molecular formula is C18H14N4O3. The zero-order valence-electron chi connectivity index (χ0n) is 13.6. The minimum atomic E-state index is -0.467. The summed E-state index contributed by atoms with van der Waals surface area (Å²) in [5.74, 6) is 0.111. The molecular weight excluding hydrogens is 320 g/mol. The molecule has 124 valence electrons. The van der Waals surface area contributed by atoms with Crippen LogP contribution in [-0.4, -0.2) is 19.5 Å². The molecule has 7 heteroatoms. The molecule has 1 aromatic carbocycles. The fourth-order valence-corrected chi connectivity index (χ4v) is 2.95. The standard InChI is InChI=1S/C18H14N4O3/c1-11-7-6-10-21-16(17-15(22(23)24)12(2)20-25-17)14(19-18(11)21)13-8-4-3-5-9-13/h3-10H,1-2H3. The van der Waals surface area contributed by atoms with Gasteiger partial charge < -0.3 is 4.52 Å². The first-order valence-corrected chi connectivity index (χ1v) is 7.72. The van der Waals surface area contributed by atoms with E-state index in [-0.39, 0.29) is 17.1 Å². The van der Waals surface area contributed by atoms with Crippen LogP contribution in [0.4, 0.5) is 5.69 Å². The molecule has 0 amide bonds. The fourth-order valence-electron chi connectivity index (χ4n) is 2.95. The second-order valence-electron chi connectivity index (χ2n) is 5.76. The van der Waals surface area contributed by atoms with E-state index in [1.807, 2.05) is 60.0 Å². The molecule has 3 heterocycles. The summed E-state index contributed by atoms with van der Waals surface area (Å²) in [6.07, 6.45) is 1.82. The van der Waals surface area contributed by atoms with E-state index in [2.05, 4.69) is 5.16 Å². The summed E-state index contributed by atoms with van der Waals surface area (Å²) in [6, 6.07) is 13.3. The van der Waals surface area contributed by atoms with Gasteiger partial charge in [0.15, 0.2) is 5.69 Å². The van der Waals surface area contributed by atoms with Crippen LogP contribution >= 0.6 is 0 Å². The molecule has 4 rings (SSSR count). The highest BCUT2D eigenvalue weighted by Crippen LogP contribution is 2.39. The molecule has 0 saturated carbocycles. The van der Waals surface area contributed by atoms with Crippen LogP contribution in [0.15, 0.2) is 53.2 Å². The van der Waals surface area contributed by atoms with Crippen LogP contribution in [0.5, 0.6) is 0 Å². The Balaban J connectivity index is 2.13. The number of hydrogen-bond donors (Lipinski definition) is 0. The molecule has 0 fully saturated rings. The Morgan fingerprint density at radius 3 is 2.60 bits per heavy atom. The summed E-state index contributed by atoms with van der Waals surface area (Å²) in [4.78, 5) is 15.8. The molecule has 7 nitrogen and oxygen atoms in total. The van der Waals surface area contributed by atoms with Gasteiger partial charge in [-0.1, -0.05) is 41.6 Å². The molecule has 0 atom stereocenters. The van der Waals surface area contributed by atoms with E-state index in [9.17, 15) is 10.1 Å². The zero-order chi connectivity index (χ0) is 17.6. The monoisotopic (exact) mass is 334 g/mol. The van der Waals surface area contributed by atoms with Gasteiger partial charge in [0.2, 0.25) is 0 Å². The molecule has 0 unspecified atom stereocenters. The topological polar surface area (TPSA) is 86.5 Å². The minimum Gasteiger partial charge on any atom is -0.347 e. The Bertz CT molecular complexity index is 1100. The van der Waals surface area contributed by atoms with Crippen molar-refractivity contribution in [3.63, 3.8) is 0 Å². The van der Waals surface area contributed by atoms with E-state index < -0.39 is 4.92 Å². The van der Waals surface area contributed by atoms with Crippen molar-refractivity contribution in [2.45, 2.75) is 13.8 Å². The number of nitro groups is 1. The number of nitrogens with zero attached hydrogens (tertiary/aromatic N) is 4. The first kappa shape index (κ1) is 15.1. The summed E-state index contributed by atoms with van der Waals surface area (Å²) in [7, 11) is 0. The number of aromatic nitrogens is 3. The summed E-state index contributed by atoms with van der Waals surface area (Å²) in [5, 5.41) is 15.3. The summed E-state index contributed by atoms with van der Waals surface area (Å²) in [5.41, 5.74) is 3.78. The highest BCUT2D eigenvalue weighted by atomic mass is 16.6. The molecule has 4 aromatic rings. The van der Waals surface area contributed by atoms with Crippen LogP contribution in [0.25, 0.3) is 28.4 Å². The van der Waals surface area contributed by atoms with Crippen molar-refractivity contribution in [3.05, 3.63) is 70.0 Å². The third kappa shape index (κ3) is 2.28. The van der Waals surface area contributed by atoms with E-state index in [4.69, 9.17) is 9.51 Å². The van der Waals surface area contributed by atoms with Crippen molar-refractivity contribution in [2.24, 2.45) is 0 Å². The van der Waals surface area contributed by atoms with Gasteiger partial charge in [-0.2, -0.15) is 0 Å². The normalized spacial score (nSPS) is 11.1. The quantitative estimate of drug-likeness (QED) is 0.414. The third-order valence-corrected chi connectivity index (χ3v) is 4.12. The predicted molar refractivity (Wildman–Crippen MR) is 92.3 cm³/mol. The smallest absolute Gasteiger partial charge is 0.340 e. The van der Waals surface area contributed by atoms with E-state index in [0.29, 0.717) is 11.4 Å². The molecule has 0 aliphatic carbocycles. The first-order chi connectivity index (χ1) is 12.1. The SMILES string of the molecule is Cc1noc(-c2c(-c3ccccc3)nc3c(C)cccn23)c1[N+](=O)[O-]. The number of rotatable bonds is 3. The lowest BCUT2D eigenvalue weighted by atomic mass is 10.1. The lowest BCUT2D eigenvalue weighted by Crippen LogP contribution is -1.95. The van der Waals surface area contributed by atoms with Gasteiger partial charge in [0, 0.05) is 11.8 Å². The second-order valence-corrected chi connectivity index (χ2v) is 5.76. The maximum atomic E-state index is 11.5. The Hall–Kier alpha value is -3.48. The van der Waals surface area contributed by atoms with Crippen molar-refractivity contribution in [1.82, 2.24) is 14.5 Å². The van der Waals surface area contributed by atoms with Crippen molar-refractivity contribution in [2.75, 3.05) is 0 Å². The van der Waals surface area contributed by atoms with Gasteiger partial charge in [-0.05, 0) is 25.5 Å². The van der Waals surface area contributed by atoms with E-state index in [1.165, 1.54) is 0 Å². The second kappa shape index (κ2) is 5.55. The Morgan fingerprint density at radius 2 is 1.88 bits per heavy atom. The van der Waals surface area contributed by atoms with Crippen molar-refractivity contribution in [1.29, 1.82) is 0 Å². The fraction of sp³-hybridized carbons (Fsp3) is 0.111. The molecule has 3 aromatic heterocycles. The molecule has 25 heavy (non-hydrogen) atoms. The van der Waals surface area contributed by atoms with E-state index in [1.54, 1.807) is 6.92 Å². The highest BCUT2D eigenvalue weighted by molar-refractivity contribution is 5.84. The number of pyridine rings is 1. The molecule has 0 aliphatic heterocycles. The average molecular weight is 334 g/mol. The first-order valence-electron chi connectivity index (χ1n) is 7.72. The Morgan fingerprint density at radius 1 is 1.12 bits per heavy atom. The van der Waals surface area contributed by atoms with Gasteiger partial charge in [0.05, 0.1) is 4.92 Å². The van der Waals surface area contributed by atoms with Crippen molar-refractivity contribution in [3.8, 4) is 22.7 Å². The lowest BCUT2D eigenvalue weighted by molar-refractivity contribution is -0.385. The van der Waals surface area contributed by atoms with Crippen LogP contribution in [0, 0.1) is 24.0 Å². The largest absolute Gasteiger partial charge is 0.347 e. The van der Waals surface area contributed by atoms with Crippen LogP contribution in [0.2, 0.25) is 0 Å². The van der Waals surface area contributed by atoms with Gasteiger partial charge in [-0.15, -0.1) is 0 Å². The number of fused-ring (bicyclic) bond motifs is 1. The molecule has 0 bridgehead atoms. The maximum absolute atomic E-state index is 11.5. The Labute approximate surface area is 142 Å². The summed E-state index contributed by atoms with van der Waals surface area (Å²) >= 11 is 0. The van der Waals surface area contributed by atoms with Crippen molar-refractivity contribution < 1.29 is 9.45 Å². The molecule has 0 saturated heterocycles. The highest BCUT2D eigenvalue weighted by Gasteiger charge is 2.31. The number of aryl methyl sites for hydroxylation is 2. The molecule has 0 spiro atoms. The van der Waals surface area contributed by atoms with Gasteiger partial charge in [-0.3, -0.25) is 14.5 Å². The number of benzene rings is 1. The van der Waals surface area contributed by atoms with E-state index >= 15 is 0 Å². The molecule has 0 N–H and O–H groups in total. The van der Waals surface area contributed by atoms with Gasteiger partial charge in [-0.25, -0.2) is 4.98 Å². The van der Waals surface area contributed by atoms with Crippen LogP contribution in [0.1, 0.15) is 11.3 Å². The number of imidazole rings is 1. The average Bonchev–Trinajstić information content (AvgIpc) is 3.17. The van der Waals surface area contributed by atoms with Gasteiger partial charge >= 0.3 is 5.69 Å². The minimum absolute atomic E-state index is 0.111. The maximum Gasteiger partial charge on any atom is 0.340 e. The van der Waals surface area contributed by atoms with Crippen LogP contribution in [-0.2, 0) is 0 Å². The van der Waals surface area contributed by atoms with Crippen LogP contribution < -0.4 is 0 Å². The molecule has 0 aliphatic rings.